The maximum Gasteiger partial charge on any atom is 0.451 e. The van der Waals surface area contributed by atoms with E-state index >= 15 is 0 Å². The van der Waals surface area contributed by atoms with Crippen molar-refractivity contribution in [2.75, 3.05) is 20.2 Å². The van der Waals surface area contributed by atoms with Crippen molar-refractivity contribution in [3.63, 3.8) is 0 Å². The summed E-state index contributed by atoms with van der Waals surface area (Å²) in [7, 11) is 1.41. The second-order valence-corrected chi connectivity index (χ2v) is 10.5. The number of aromatic nitrogens is 6. The zero-order valence-electron chi connectivity index (χ0n) is 21.9. The van der Waals surface area contributed by atoms with Crippen LogP contribution in [0.5, 0.6) is 5.88 Å². The van der Waals surface area contributed by atoms with Crippen LogP contribution < -0.4 is 10.1 Å². The van der Waals surface area contributed by atoms with Crippen LogP contribution >= 0.6 is 0 Å². The van der Waals surface area contributed by atoms with Gasteiger partial charge < -0.3 is 24.3 Å². The van der Waals surface area contributed by atoms with E-state index in [0.29, 0.717) is 25.1 Å². The summed E-state index contributed by atoms with van der Waals surface area (Å²) in [5.74, 6) is -2.30. The molecule has 3 aliphatic rings. The van der Waals surface area contributed by atoms with Crippen LogP contribution in [0.15, 0.2) is 18.3 Å². The first-order valence-electron chi connectivity index (χ1n) is 13.0. The highest BCUT2D eigenvalue weighted by molar-refractivity contribution is 5.94. The summed E-state index contributed by atoms with van der Waals surface area (Å²) in [5, 5.41) is 16.4. The van der Waals surface area contributed by atoms with E-state index in [-0.39, 0.29) is 60.4 Å². The molecule has 6 rings (SSSR count). The van der Waals surface area contributed by atoms with Gasteiger partial charge in [-0.3, -0.25) is 14.7 Å². The molecule has 2 aliphatic heterocycles. The lowest BCUT2D eigenvalue weighted by Gasteiger charge is -2.39. The quantitative estimate of drug-likeness (QED) is 0.425. The van der Waals surface area contributed by atoms with E-state index < -0.39 is 29.5 Å². The Morgan fingerprint density at radius 1 is 1.27 bits per heavy atom. The number of nitrogens with one attached hydrogen (secondary N) is 2. The fourth-order valence-corrected chi connectivity index (χ4v) is 5.57. The summed E-state index contributed by atoms with van der Waals surface area (Å²) in [6.07, 6.45) is -1.95. The smallest absolute Gasteiger partial charge is 0.451 e. The van der Waals surface area contributed by atoms with E-state index in [1.165, 1.54) is 19.2 Å². The zero-order chi connectivity index (χ0) is 28.9. The highest BCUT2D eigenvalue weighted by Gasteiger charge is 2.54. The van der Waals surface area contributed by atoms with Crippen molar-refractivity contribution in [2.45, 2.75) is 56.7 Å². The molecular weight excluding hydrogens is 552 g/mol. The van der Waals surface area contributed by atoms with Gasteiger partial charge in [-0.2, -0.15) is 18.3 Å². The molecule has 0 bridgehead atoms. The van der Waals surface area contributed by atoms with Gasteiger partial charge in [-0.15, -0.1) is 10.2 Å². The van der Waals surface area contributed by atoms with Gasteiger partial charge in [0.15, 0.2) is 17.3 Å². The van der Waals surface area contributed by atoms with Gasteiger partial charge in [0.1, 0.15) is 6.61 Å². The molecule has 1 saturated heterocycles. The summed E-state index contributed by atoms with van der Waals surface area (Å²) in [4.78, 5) is 32.0. The molecular formula is C25H26F4N8O4. The monoisotopic (exact) mass is 578 g/mol. The number of amides is 2. The summed E-state index contributed by atoms with van der Waals surface area (Å²) in [6.45, 7) is 0.0986. The first kappa shape index (κ1) is 27.1. The Kier molecular flexibility index (Phi) is 6.66. The number of H-pyrrole nitrogens is 1. The number of fused-ring (bicyclic) bond motifs is 1. The normalized spacial score (nSPS) is 21.4. The van der Waals surface area contributed by atoms with Gasteiger partial charge in [0.25, 0.3) is 5.91 Å². The van der Waals surface area contributed by atoms with Crippen molar-refractivity contribution in [1.82, 2.24) is 40.2 Å². The standard InChI is InChI=1S/C25H26F4N8O4/c1-40-20-6-15(16(26)10-30-20)17-7-18(33-32-17)22(39)37-5-2-13(8-24(37)3-4-24)21(38)31-9-14-11-36-19(12-41-14)34-35-23(36)25(27,28)29/h6-7,10,13-14H,2-5,8-9,11-12H2,1H3,(H,31,38)(H,32,33)/t13-,14+/m0/s1. The molecule has 2 amide bonds. The first-order valence-corrected chi connectivity index (χ1v) is 13.0. The van der Waals surface area contributed by atoms with Crippen LogP contribution in [-0.4, -0.2) is 78.5 Å². The van der Waals surface area contributed by atoms with Gasteiger partial charge in [-0.25, -0.2) is 9.37 Å². The van der Waals surface area contributed by atoms with Gasteiger partial charge in [0.2, 0.25) is 17.6 Å². The average Bonchev–Trinajstić information content (AvgIpc) is 3.35. The van der Waals surface area contributed by atoms with Crippen LogP contribution in [0.2, 0.25) is 0 Å². The van der Waals surface area contributed by atoms with Crippen molar-refractivity contribution < 1.29 is 36.6 Å². The Bertz CT molecular complexity index is 1480. The van der Waals surface area contributed by atoms with Gasteiger partial charge in [-0.1, -0.05) is 0 Å². The molecule has 1 saturated carbocycles. The average molecular weight is 579 g/mol. The molecule has 0 unspecified atom stereocenters. The molecule has 0 radical (unpaired) electrons. The Labute approximate surface area is 230 Å². The second kappa shape index (κ2) is 10.1. The van der Waals surface area contributed by atoms with Crippen LogP contribution in [-0.2, 0) is 28.9 Å². The van der Waals surface area contributed by atoms with Gasteiger partial charge in [-0.05, 0) is 31.7 Å². The molecule has 2 atom stereocenters. The summed E-state index contributed by atoms with van der Waals surface area (Å²) in [5.41, 5.74) is 0.126. The van der Waals surface area contributed by atoms with E-state index in [9.17, 15) is 27.2 Å². The lowest BCUT2D eigenvalue weighted by atomic mass is 9.88. The fraction of sp³-hybridized carbons (Fsp3) is 0.520. The number of carbonyl (C=O) groups is 2. The van der Waals surface area contributed by atoms with Crippen LogP contribution in [0, 0.1) is 11.7 Å². The third-order valence-electron chi connectivity index (χ3n) is 7.89. The summed E-state index contributed by atoms with van der Waals surface area (Å²) < 4.78 is 65.6. The minimum absolute atomic E-state index is 0.0340. The number of hydrogen-bond acceptors (Lipinski definition) is 8. The van der Waals surface area contributed by atoms with Crippen molar-refractivity contribution in [3.8, 4) is 17.1 Å². The molecule has 0 aromatic carbocycles. The Balaban J connectivity index is 1.06. The summed E-state index contributed by atoms with van der Waals surface area (Å²) in [6, 6.07) is 2.88. The van der Waals surface area contributed by atoms with E-state index in [0.717, 1.165) is 23.6 Å². The van der Waals surface area contributed by atoms with Gasteiger partial charge in [0, 0.05) is 36.2 Å². The molecule has 1 spiro atoms. The minimum Gasteiger partial charge on any atom is -0.481 e. The molecule has 12 nitrogen and oxygen atoms in total. The number of hydrogen-bond donors (Lipinski definition) is 2. The van der Waals surface area contributed by atoms with Crippen LogP contribution in [0.1, 0.15) is 47.8 Å². The minimum atomic E-state index is -4.64. The molecule has 1 aliphatic carbocycles. The largest absolute Gasteiger partial charge is 0.481 e. The number of pyridine rings is 1. The Morgan fingerprint density at radius 2 is 2.07 bits per heavy atom. The van der Waals surface area contributed by atoms with Crippen LogP contribution in [0.25, 0.3) is 11.3 Å². The van der Waals surface area contributed by atoms with Crippen molar-refractivity contribution in [1.29, 1.82) is 0 Å². The Hall–Kier alpha value is -4.08. The first-order chi connectivity index (χ1) is 19.6. The molecule has 16 heteroatoms. The molecule has 218 valence electrons. The third-order valence-corrected chi connectivity index (χ3v) is 7.89. The number of carbonyl (C=O) groups excluding carboxylic acids is 2. The number of piperidine rings is 1. The molecule has 41 heavy (non-hydrogen) atoms. The zero-order valence-corrected chi connectivity index (χ0v) is 21.9. The number of nitrogens with zero attached hydrogens (tertiary/aromatic N) is 6. The molecule has 5 heterocycles. The number of rotatable bonds is 6. The topological polar surface area (TPSA) is 140 Å². The maximum absolute atomic E-state index is 14.3. The van der Waals surface area contributed by atoms with Crippen LogP contribution in [0.3, 0.4) is 0 Å². The number of alkyl halides is 3. The van der Waals surface area contributed by atoms with Crippen molar-refractivity contribution in [3.05, 3.63) is 41.5 Å². The van der Waals surface area contributed by atoms with Crippen LogP contribution in [0.4, 0.5) is 17.6 Å². The fourth-order valence-electron chi connectivity index (χ4n) is 5.57. The predicted octanol–water partition coefficient (Wildman–Crippen LogP) is 2.33. The van der Waals surface area contributed by atoms with Gasteiger partial charge >= 0.3 is 6.18 Å². The van der Waals surface area contributed by atoms with E-state index in [4.69, 9.17) is 9.47 Å². The lowest BCUT2D eigenvalue weighted by Crippen LogP contribution is -2.51. The lowest BCUT2D eigenvalue weighted by molar-refractivity contribution is -0.149. The third kappa shape index (κ3) is 5.11. The van der Waals surface area contributed by atoms with E-state index in [2.05, 4.69) is 30.7 Å². The van der Waals surface area contributed by atoms with E-state index in [1.54, 1.807) is 4.90 Å². The number of likely N-dealkylation sites (tertiary alicyclic amines) is 1. The second-order valence-electron chi connectivity index (χ2n) is 10.5. The molecule has 3 aromatic heterocycles. The SMILES string of the molecule is COc1cc(-c2cc(C(=O)N3CC[C@H](C(=O)NC[C@@H]4Cn5c(nnc5C(F)(F)F)CO4)CC34CC4)n[nH]2)c(F)cn1. The van der Waals surface area contributed by atoms with Crippen molar-refractivity contribution in [2.24, 2.45) is 5.92 Å². The van der Waals surface area contributed by atoms with E-state index in [1.807, 2.05) is 0 Å². The highest BCUT2D eigenvalue weighted by Crippen LogP contribution is 2.50. The van der Waals surface area contributed by atoms with Crippen molar-refractivity contribution >= 4 is 11.8 Å². The number of ether oxygens (including phenoxy) is 2. The number of methoxy groups -OCH3 is 1. The highest BCUT2D eigenvalue weighted by atomic mass is 19.4. The molecule has 2 fully saturated rings. The Morgan fingerprint density at radius 3 is 2.80 bits per heavy atom. The molecule has 3 aromatic rings. The predicted molar refractivity (Wildman–Crippen MR) is 131 cm³/mol. The summed E-state index contributed by atoms with van der Waals surface area (Å²) >= 11 is 0. The number of aromatic amines is 1. The number of halogens is 4. The maximum atomic E-state index is 14.3. The van der Waals surface area contributed by atoms with Gasteiger partial charge in [0.05, 0.1) is 31.6 Å². The molecule has 2 N–H and O–H groups in total.